The number of rotatable bonds is 7. The number of halogens is 1. The summed E-state index contributed by atoms with van der Waals surface area (Å²) in [6, 6.07) is 14.2. The lowest BCUT2D eigenvalue weighted by Gasteiger charge is -2.38. The minimum Gasteiger partial charge on any atom is -0.361 e. The second-order valence-electron chi connectivity index (χ2n) is 9.76. The minimum atomic E-state index is -0.202. The lowest BCUT2D eigenvalue weighted by atomic mass is 10.1. The van der Waals surface area contributed by atoms with Crippen molar-refractivity contribution >= 4 is 22.7 Å². The molecule has 1 aromatic heterocycles. The molecular formula is C28H34FN5O2. The van der Waals surface area contributed by atoms with Crippen molar-refractivity contribution in [1.29, 1.82) is 0 Å². The first-order chi connectivity index (χ1) is 17.6. The van der Waals surface area contributed by atoms with Gasteiger partial charge in [0, 0.05) is 75.0 Å². The summed E-state index contributed by atoms with van der Waals surface area (Å²) in [6.07, 6.45) is 3.89. The number of H-pyrrole nitrogens is 1. The molecule has 36 heavy (non-hydrogen) atoms. The van der Waals surface area contributed by atoms with Crippen LogP contribution in [0.3, 0.4) is 0 Å². The molecule has 0 spiro atoms. The van der Waals surface area contributed by atoms with Crippen LogP contribution in [0.4, 0.5) is 4.39 Å². The first kappa shape index (κ1) is 24.5. The summed E-state index contributed by atoms with van der Waals surface area (Å²) in [7, 11) is 0. The second kappa shape index (κ2) is 11.2. The molecule has 7 nitrogen and oxygen atoms in total. The highest BCUT2D eigenvalue weighted by molar-refractivity contribution is 5.94. The van der Waals surface area contributed by atoms with Gasteiger partial charge in [0.2, 0.25) is 5.91 Å². The Hall–Kier alpha value is -3.23. The summed E-state index contributed by atoms with van der Waals surface area (Å²) in [6.45, 7) is 7.42. The SMILES string of the molecule is O=C(CN1CCN(C(=O)c2ccccc2)CC1)N1CCN(CCCc2c[nH]c3ccc(F)cc23)CC1. The van der Waals surface area contributed by atoms with Crippen molar-refractivity contribution in [2.75, 3.05) is 65.4 Å². The van der Waals surface area contributed by atoms with Crippen molar-refractivity contribution in [2.24, 2.45) is 0 Å². The fourth-order valence-electron chi connectivity index (χ4n) is 5.24. The molecule has 3 heterocycles. The van der Waals surface area contributed by atoms with Crippen LogP contribution in [0, 0.1) is 5.82 Å². The summed E-state index contributed by atoms with van der Waals surface area (Å²) < 4.78 is 13.6. The van der Waals surface area contributed by atoms with Crippen LogP contribution in [0.5, 0.6) is 0 Å². The van der Waals surface area contributed by atoms with Crippen molar-refractivity contribution in [3.63, 3.8) is 0 Å². The number of nitrogens with zero attached hydrogens (tertiary/aromatic N) is 4. The van der Waals surface area contributed by atoms with E-state index in [0.717, 1.165) is 80.7 Å². The van der Waals surface area contributed by atoms with Gasteiger partial charge in [-0.3, -0.25) is 19.4 Å². The number of carbonyl (C=O) groups is 2. The lowest BCUT2D eigenvalue weighted by molar-refractivity contribution is -0.134. The number of aromatic nitrogens is 1. The number of aryl methyl sites for hydroxylation is 1. The van der Waals surface area contributed by atoms with Crippen LogP contribution in [0.1, 0.15) is 22.3 Å². The van der Waals surface area contributed by atoms with Crippen LogP contribution in [0.25, 0.3) is 10.9 Å². The Bertz CT molecular complexity index is 1180. The molecular weight excluding hydrogens is 457 g/mol. The molecule has 0 bridgehead atoms. The van der Waals surface area contributed by atoms with E-state index >= 15 is 0 Å². The second-order valence-corrected chi connectivity index (χ2v) is 9.76. The molecule has 0 saturated carbocycles. The van der Waals surface area contributed by atoms with Crippen molar-refractivity contribution < 1.29 is 14.0 Å². The Morgan fingerprint density at radius 1 is 0.833 bits per heavy atom. The molecule has 5 rings (SSSR count). The molecule has 3 aromatic rings. The van der Waals surface area contributed by atoms with Gasteiger partial charge < -0.3 is 14.8 Å². The number of benzene rings is 2. The van der Waals surface area contributed by atoms with E-state index in [9.17, 15) is 14.0 Å². The maximum atomic E-state index is 13.6. The molecule has 2 aromatic carbocycles. The van der Waals surface area contributed by atoms with Gasteiger partial charge in [-0.15, -0.1) is 0 Å². The Kier molecular flexibility index (Phi) is 7.63. The molecule has 0 aliphatic carbocycles. The minimum absolute atomic E-state index is 0.0644. The monoisotopic (exact) mass is 491 g/mol. The topological polar surface area (TPSA) is 62.9 Å². The highest BCUT2D eigenvalue weighted by Crippen LogP contribution is 2.21. The lowest BCUT2D eigenvalue weighted by Crippen LogP contribution is -2.54. The van der Waals surface area contributed by atoms with E-state index in [-0.39, 0.29) is 17.6 Å². The number of piperazine rings is 2. The largest absolute Gasteiger partial charge is 0.361 e. The Morgan fingerprint density at radius 2 is 1.53 bits per heavy atom. The average molecular weight is 492 g/mol. The smallest absolute Gasteiger partial charge is 0.253 e. The number of amides is 2. The third-order valence-electron chi connectivity index (χ3n) is 7.41. The zero-order valence-electron chi connectivity index (χ0n) is 20.7. The van der Waals surface area contributed by atoms with Gasteiger partial charge in [0.15, 0.2) is 0 Å². The fraction of sp³-hybridized carbons (Fsp3) is 0.429. The van der Waals surface area contributed by atoms with E-state index in [1.54, 1.807) is 12.1 Å². The van der Waals surface area contributed by atoms with Crippen molar-refractivity contribution in [2.45, 2.75) is 12.8 Å². The maximum absolute atomic E-state index is 13.6. The van der Waals surface area contributed by atoms with Crippen molar-refractivity contribution in [3.8, 4) is 0 Å². The van der Waals surface area contributed by atoms with E-state index in [0.29, 0.717) is 19.6 Å². The van der Waals surface area contributed by atoms with Crippen LogP contribution in [0.2, 0.25) is 0 Å². The highest BCUT2D eigenvalue weighted by atomic mass is 19.1. The van der Waals surface area contributed by atoms with Crippen molar-refractivity contribution in [1.82, 2.24) is 24.6 Å². The normalized spacial score (nSPS) is 17.6. The molecule has 2 aliphatic rings. The number of nitrogens with one attached hydrogen (secondary N) is 1. The molecule has 2 amide bonds. The van der Waals surface area contributed by atoms with Gasteiger partial charge in [0.1, 0.15) is 5.82 Å². The van der Waals surface area contributed by atoms with Gasteiger partial charge >= 0.3 is 0 Å². The summed E-state index contributed by atoms with van der Waals surface area (Å²) in [4.78, 5) is 37.2. The van der Waals surface area contributed by atoms with Gasteiger partial charge in [-0.05, 0) is 55.3 Å². The van der Waals surface area contributed by atoms with Gasteiger partial charge in [-0.2, -0.15) is 0 Å². The predicted molar refractivity (Wildman–Crippen MR) is 138 cm³/mol. The standard InChI is InChI=1S/C28H34FN5O2/c29-24-8-9-26-25(19-24)23(20-30-26)7-4-10-31-11-15-33(16-12-31)27(35)21-32-13-17-34(18-14-32)28(36)22-5-2-1-3-6-22/h1-3,5-6,8-9,19-20,30H,4,7,10-18,21H2. The number of aromatic amines is 1. The summed E-state index contributed by atoms with van der Waals surface area (Å²) in [5.41, 5.74) is 2.85. The Balaban J connectivity index is 1.01. The summed E-state index contributed by atoms with van der Waals surface area (Å²) in [5, 5.41) is 0.968. The number of hydrogen-bond donors (Lipinski definition) is 1. The van der Waals surface area contributed by atoms with E-state index in [2.05, 4.69) is 14.8 Å². The molecule has 2 fully saturated rings. The number of carbonyl (C=O) groups excluding carboxylic acids is 2. The quantitative estimate of drug-likeness (QED) is 0.552. The van der Waals surface area contributed by atoms with E-state index < -0.39 is 0 Å². The highest BCUT2D eigenvalue weighted by Gasteiger charge is 2.26. The predicted octanol–water partition coefficient (Wildman–Crippen LogP) is 2.84. The number of hydrogen-bond acceptors (Lipinski definition) is 4. The molecule has 0 radical (unpaired) electrons. The van der Waals surface area contributed by atoms with Gasteiger partial charge in [0.05, 0.1) is 6.54 Å². The zero-order valence-corrected chi connectivity index (χ0v) is 20.7. The van der Waals surface area contributed by atoms with E-state index in [4.69, 9.17) is 0 Å². The molecule has 190 valence electrons. The maximum Gasteiger partial charge on any atom is 0.253 e. The first-order valence-electron chi connectivity index (χ1n) is 12.9. The van der Waals surface area contributed by atoms with E-state index in [1.165, 1.54) is 6.07 Å². The van der Waals surface area contributed by atoms with Crippen molar-refractivity contribution in [3.05, 3.63) is 71.7 Å². The van der Waals surface area contributed by atoms with Crippen LogP contribution in [0.15, 0.2) is 54.7 Å². The average Bonchev–Trinajstić information content (AvgIpc) is 3.31. The molecule has 2 saturated heterocycles. The first-order valence-corrected chi connectivity index (χ1v) is 12.9. The third kappa shape index (κ3) is 5.77. The zero-order chi connectivity index (χ0) is 24.9. The molecule has 0 atom stereocenters. The fourth-order valence-corrected chi connectivity index (χ4v) is 5.24. The van der Waals surface area contributed by atoms with Gasteiger partial charge in [0.25, 0.3) is 5.91 Å². The Morgan fingerprint density at radius 3 is 2.28 bits per heavy atom. The molecule has 8 heteroatoms. The molecule has 1 N–H and O–H groups in total. The van der Waals surface area contributed by atoms with Gasteiger partial charge in [-0.25, -0.2) is 4.39 Å². The van der Waals surface area contributed by atoms with Crippen LogP contribution in [-0.2, 0) is 11.2 Å². The summed E-state index contributed by atoms with van der Waals surface area (Å²) in [5.74, 6) is 0.0413. The van der Waals surface area contributed by atoms with E-state index in [1.807, 2.05) is 46.3 Å². The van der Waals surface area contributed by atoms with Gasteiger partial charge in [-0.1, -0.05) is 18.2 Å². The molecule has 0 unspecified atom stereocenters. The third-order valence-corrected chi connectivity index (χ3v) is 7.41. The Labute approximate surface area is 211 Å². The van der Waals surface area contributed by atoms with Crippen LogP contribution in [-0.4, -0.2) is 102 Å². The summed E-state index contributed by atoms with van der Waals surface area (Å²) >= 11 is 0. The number of fused-ring (bicyclic) bond motifs is 1. The molecule has 2 aliphatic heterocycles. The van der Waals surface area contributed by atoms with Crippen LogP contribution < -0.4 is 0 Å². The van der Waals surface area contributed by atoms with Crippen LogP contribution >= 0.6 is 0 Å².